The van der Waals surface area contributed by atoms with Crippen molar-refractivity contribution in [3.05, 3.63) is 65.4 Å². The SMILES string of the molecule is O=C(c1cccc(C2=Cc3c(-c4cccc5c4OC(F)(F)O5)c[nH]c3[NH2+]C2)c1)N1CCN(CCO)CC1. The van der Waals surface area contributed by atoms with Gasteiger partial charge in [0.15, 0.2) is 11.5 Å². The van der Waals surface area contributed by atoms with Crippen LogP contribution in [0, 0.1) is 0 Å². The molecule has 1 fully saturated rings. The van der Waals surface area contributed by atoms with Gasteiger partial charge in [0.1, 0.15) is 6.54 Å². The number of aliphatic hydroxyl groups is 1. The average molecular weight is 510 g/mol. The molecular formula is C27H27F2N4O4+. The molecule has 0 radical (unpaired) electrons. The zero-order valence-corrected chi connectivity index (χ0v) is 20.0. The number of carbonyl (C=O) groups excluding carboxylic acids is 1. The molecule has 1 aromatic heterocycles. The molecule has 4 N–H and O–H groups in total. The Balaban J connectivity index is 1.27. The molecule has 192 valence electrons. The molecule has 3 aromatic rings. The van der Waals surface area contributed by atoms with Crippen molar-refractivity contribution in [1.82, 2.24) is 14.8 Å². The van der Waals surface area contributed by atoms with Crippen LogP contribution in [0.25, 0.3) is 22.8 Å². The zero-order chi connectivity index (χ0) is 25.6. The monoisotopic (exact) mass is 509 g/mol. The van der Waals surface area contributed by atoms with Crippen molar-refractivity contribution in [3.8, 4) is 22.6 Å². The predicted octanol–water partition coefficient (Wildman–Crippen LogP) is 2.50. The Kier molecular flexibility index (Phi) is 5.94. The molecule has 2 aromatic carbocycles. The number of nitrogens with two attached hydrogens (primary N) is 1. The van der Waals surface area contributed by atoms with Gasteiger partial charge < -0.3 is 24.5 Å². The number of ether oxygens (including phenoxy) is 2. The Morgan fingerprint density at radius 1 is 1.08 bits per heavy atom. The van der Waals surface area contributed by atoms with Crippen LogP contribution in [0.3, 0.4) is 0 Å². The van der Waals surface area contributed by atoms with E-state index in [0.717, 1.165) is 41.2 Å². The van der Waals surface area contributed by atoms with Gasteiger partial charge in [-0.3, -0.25) is 15.0 Å². The van der Waals surface area contributed by atoms with Crippen molar-refractivity contribution >= 4 is 23.4 Å². The van der Waals surface area contributed by atoms with Gasteiger partial charge in [0.2, 0.25) is 5.82 Å². The Morgan fingerprint density at radius 3 is 2.70 bits per heavy atom. The third kappa shape index (κ3) is 4.48. The number of H-pyrrole nitrogens is 1. The Hall–Kier alpha value is -3.73. The normalized spacial score (nSPS) is 18.5. The summed E-state index contributed by atoms with van der Waals surface area (Å²) in [6, 6.07) is 12.5. The molecule has 4 heterocycles. The number of hydrogen-bond acceptors (Lipinski definition) is 5. The van der Waals surface area contributed by atoms with Crippen molar-refractivity contribution in [2.45, 2.75) is 6.29 Å². The first-order chi connectivity index (χ1) is 17.9. The lowest BCUT2D eigenvalue weighted by Crippen LogP contribution is -2.79. The van der Waals surface area contributed by atoms with E-state index in [2.05, 4.69) is 19.9 Å². The molecule has 37 heavy (non-hydrogen) atoms. The Labute approximate surface area is 212 Å². The van der Waals surface area contributed by atoms with Crippen LogP contribution in [0.5, 0.6) is 11.5 Å². The summed E-state index contributed by atoms with van der Waals surface area (Å²) in [7, 11) is 0. The van der Waals surface area contributed by atoms with Crippen LogP contribution in [0.1, 0.15) is 21.5 Å². The molecule has 0 saturated carbocycles. The van der Waals surface area contributed by atoms with Gasteiger partial charge in [-0.25, -0.2) is 0 Å². The number of fused-ring (bicyclic) bond motifs is 2. The first kappa shape index (κ1) is 23.7. The summed E-state index contributed by atoms with van der Waals surface area (Å²) in [5, 5.41) is 11.2. The number of quaternary nitrogens is 1. The largest absolute Gasteiger partial charge is 0.586 e. The first-order valence-electron chi connectivity index (χ1n) is 12.3. The van der Waals surface area contributed by atoms with Gasteiger partial charge in [-0.15, -0.1) is 8.78 Å². The summed E-state index contributed by atoms with van der Waals surface area (Å²) >= 11 is 0. The number of hydrogen-bond donors (Lipinski definition) is 3. The summed E-state index contributed by atoms with van der Waals surface area (Å²) in [6.45, 7) is 4.15. The van der Waals surface area contributed by atoms with Crippen LogP contribution in [-0.2, 0) is 0 Å². The lowest BCUT2D eigenvalue weighted by molar-refractivity contribution is -0.562. The highest BCUT2D eigenvalue weighted by Gasteiger charge is 2.45. The molecule has 3 aliphatic rings. The number of alkyl halides is 2. The summed E-state index contributed by atoms with van der Waals surface area (Å²) < 4.78 is 37.0. The fraction of sp³-hybridized carbons (Fsp3) is 0.296. The number of aromatic nitrogens is 1. The minimum absolute atomic E-state index is 0.00449. The van der Waals surface area contributed by atoms with Crippen LogP contribution in [-0.4, -0.2) is 78.0 Å². The number of nitrogens with zero attached hydrogens (tertiary/aromatic N) is 2. The molecular weight excluding hydrogens is 482 g/mol. The second kappa shape index (κ2) is 9.29. The average Bonchev–Trinajstić information content (AvgIpc) is 3.47. The number of aromatic amines is 1. The highest BCUT2D eigenvalue weighted by molar-refractivity contribution is 5.97. The van der Waals surface area contributed by atoms with E-state index < -0.39 is 6.29 Å². The summed E-state index contributed by atoms with van der Waals surface area (Å²) in [5.74, 6) is 0.910. The molecule has 8 nitrogen and oxygen atoms in total. The maximum absolute atomic E-state index is 13.8. The topological polar surface area (TPSA) is 94.6 Å². The van der Waals surface area contributed by atoms with Crippen LogP contribution in [0.2, 0.25) is 0 Å². The number of benzene rings is 2. The lowest BCUT2D eigenvalue weighted by atomic mass is 9.95. The fourth-order valence-corrected chi connectivity index (χ4v) is 5.18. The molecule has 0 aliphatic carbocycles. The van der Waals surface area contributed by atoms with E-state index >= 15 is 0 Å². The van der Waals surface area contributed by atoms with Crippen molar-refractivity contribution in [2.75, 3.05) is 45.9 Å². The number of carbonyl (C=O) groups is 1. The molecule has 0 unspecified atom stereocenters. The summed E-state index contributed by atoms with van der Waals surface area (Å²) in [5.41, 5.74) is 4.69. The smallest absolute Gasteiger partial charge is 0.395 e. The van der Waals surface area contributed by atoms with Crippen LogP contribution >= 0.6 is 0 Å². The van der Waals surface area contributed by atoms with Crippen molar-refractivity contribution < 1.29 is 33.5 Å². The number of piperazine rings is 1. The van der Waals surface area contributed by atoms with Crippen LogP contribution in [0.15, 0.2) is 48.7 Å². The zero-order valence-electron chi connectivity index (χ0n) is 20.0. The van der Waals surface area contributed by atoms with E-state index in [1.165, 1.54) is 6.07 Å². The van der Waals surface area contributed by atoms with Crippen molar-refractivity contribution in [1.29, 1.82) is 0 Å². The van der Waals surface area contributed by atoms with Gasteiger partial charge in [-0.2, -0.15) is 0 Å². The third-order valence-corrected chi connectivity index (χ3v) is 7.07. The van der Waals surface area contributed by atoms with Gasteiger partial charge >= 0.3 is 6.29 Å². The van der Waals surface area contributed by atoms with E-state index in [1.54, 1.807) is 18.3 Å². The Bertz CT molecular complexity index is 1380. The summed E-state index contributed by atoms with van der Waals surface area (Å²) in [6.07, 6.45) is 0.124. The molecule has 0 spiro atoms. The van der Waals surface area contributed by atoms with E-state index in [4.69, 9.17) is 9.84 Å². The van der Waals surface area contributed by atoms with Gasteiger partial charge in [-0.05, 0) is 29.8 Å². The van der Waals surface area contributed by atoms with Gasteiger partial charge in [0, 0.05) is 61.2 Å². The quantitative estimate of drug-likeness (QED) is 0.492. The number of β-amino-alcohol motifs (C(OH)–C–C–N with tert-alkyl or cyclic N) is 1. The van der Waals surface area contributed by atoms with Crippen molar-refractivity contribution in [3.63, 3.8) is 0 Å². The summed E-state index contributed by atoms with van der Waals surface area (Å²) in [4.78, 5) is 20.4. The van der Waals surface area contributed by atoms with Crippen LogP contribution < -0.4 is 14.8 Å². The standard InChI is InChI=1S/C27H26F2N4O4/c28-27(29)36-23-6-2-5-20(24(23)37-27)22-16-31-25-21(22)14-19(15-30-25)17-3-1-4-18(13-17)26(35)33-9-7-32(8-10-33)11-12-34/h1-6,13-14,16,30-31,34H,7-12,15H2/p+1. The molecule has 3 aliphatic heterocycles. The van der Waals surface area contributed by atoms with Gasteiger partial charge in [0.05, 0.1) is 12.2 Å². The Morgan fingerprint density at radius 2 is 1.89 bits per heavy atom. The second-order valence-electron chi connectivity index (χ2n) is 9.35. The molecule has 0 atom stereocenters. The number of aliphatic hydroxyl groups excluding tert-OH is 1. The predicted molar refractivity (Wildman–Crippen MR) is 133 cm³/mol. The van der Waals surface area contributed by atoms with E-state index in [0.29, 0.717) is 37.3 Å². The fourth-order valence-electron chi connectivity index (χ4n) is 5.18. The molecule has 10 heteroatoms. The van der Waals surface area contributed by atoms with Gasteiger partial charge in [0.25, 0.3) is 5.91 Å². The third-order valence-electron chi connectivity index (χ3n) is 7.07. The highest BCUT2D eigenvalue weighted by atomic mass is 19.3. The number of amides is 1. The lowest BCUT2D eigenvalue weighted by Gasteiger charge is -2.34. The van der Waals surface area contributed by atoms with Gasteiger partial charge in [-0.1, -0.05) is 24.3 Å². The van der Waals surface area contributed by atoms with E-state index in [9.17, 15) is 13.6 Å². The molecule has 1 saturated heterocycles. The first-order valence-corrected chi connectivity index (χ1v) is 12.3. The number of nitrogens with one attached hydrogen (secondary N) is 1. The van der Waals surface area contributed by atoms with E-state index in [1.807, 2.05) is 35.2 Å². The highest BCUT2D eigenvalue weighted by Crippen LogP contribution is 2.48. The maximum Gasteiger partial charge on any atom is 0.586 e. The van der Waals surface area contributed by atoms with Crippen molar-refractivity contribution in [2.24, 2.45) is 0 Å². The number of para-hydroxylation sites is 1. The molecule has 0 bridgehead atoms. The second-order valence-corrected chi connectivity index (χ2v) is 9.35. The number of halogens is 2. The molecule has 6 rings (SSSR count). The van der Waals surface area contributed by atoms with Crippen LogP contribution in [0.4, 0.5) is 14.6 Å². The van der Waals surface area contributed by atoms with E-state index in [-0.39, 0.29) is 24.0 Å². The minimum Gasteiger partial charge on any atom is -0.395 e. The number of rotatable bonds is 5. The molecule has 1 amide bonds. The minimum atomic E-state index is -3.69. The maximum atomic E-state index is 13.8.